The molecule has 3 aromatic rings. The van der Waals surface area contributed by atoms with Gasteiger partial charge in [-0.05, 0) is 36.6 Å². The molecule has 0 N–H and O–H groups in total. The minimum absolute atomic E-state index is 0.00847. The number of thioether (sulfide) groups is 1. The van der Waals surface area contributed by atoms with Crippen LogP contribution in [0.1, 0.15) is 6.92 Å². The number of fused-ring (bicyclic) bond motifs is 1. The average Bonchev–Trinajstić information content (AvgIpc) is 2.97. The Kier molecular flexibility index (Phi) is 3.92. The van der Waals surface area contributed by atoms with E-state index in [-0.39, 0.29) is 16.7 Å². The Bertz CT molecular complexity index is 933. The van der Waals surface area contributed by atoms with Gasteiger partial charge in [0.15, 0.2) is 20.4 Å². The third kappa shape index (κ3) is 2.62. The molecule has 0 aliphatic rings. The molecule has 0 saturated heterocycles. The summed E-state index contributed by atoms with van der Waals surface area (Å²) < 4.78 is 30.1. The molecule has 0 amide bonds. The zero-order valence-electron chi connectivity index (χ0n) is 12.1. The van der Waals surface area contributed by atoms with Crippen molar-refractivity contribution < 1.29 is 12.8 Å². The van der Waals surface area contributed by atoms with Crippen molar-refractivity contribution in [3.63, 3.8) is 0 Å². The van der Waals surface area contributed by atoms with Crippen molar-refractivity contribution in [2.75, 3.05) is 12.0 Å². The van der Waals surface area contributed by atoms with Crippen molar-refractivity contribution in [3.8, 4) is 11.5 Å². The summed E-state index contributed by atoms with van der Waals surface area (Å²) in [7, 11) is -3.44. The van der Waals surface area contributed by atoms with Crippen molar-refractivity contribution in [1.29, 1.82) is 0 Å². The maximum atomic E-state index is 12.2. The Morgan fingerprint density at radius 1 is 1.27 bits per heavy atom. The van der Waals surface area contributed by atoms with Gasteiger partial charge in [-0.2, -0.15) is 0 Å². The van der Waals surface area contributed by atoms with E-state index < -0.39 is 9.84 Å². The second-order valence-corrected chi connectivity index (χ2v) is 7.69. The fourth-order valence-electron chi connectivity index (χ4n) is 2.09. The first-order valence-electron chi connectivity index (χ1n) is 6.68. The Hall–Kier alpha value is -1.86. The molecule has 3 rings (SSSR count). The molecule has 0 unspecified atom stereocenters. The molecule has 2 heterocycles. The third-order valence-corrected chi connectivity index (χ3v) is 5.67. The normalized spacial score (nSPS) is 11.9. The number of sulfone groups is 1. The first-order chi connectivity index (χ1) is 10.5. The van der Waals surface area contributed by atoms with Crippen molar-refractivity contribution in [1.82, 2.24) is 9.97 Å². The van der Waals surface area contributed by atoms with Gasteiger partial charge in [-0.3, -0.25) is 0 Å². The summed E-state index contributed by atoms with van der Waals surface area (Å²) in [4.78, 5) is 9.49. The van der Waals surface area contributed by atoms with Crippen molar-refractivity contribution in [2.24, 2.45) is 0 Å². The van der Waals surface area contributed by atoms with Gasteiger partial charge in [0.1, 0.15) is 5.52 Å². The third-order valence-electron chi connectivity index (χ3n) is 3.27. The molecule has 5 nitrogen and oxygen atoms in total. The molecule has 1 aromatic carbocycles. The Labute approximate surface area is 132 Å². The minimum Gasteiger partial charge on any atom is -0.436 e. The summed E-state index contributed by atoms with van der Waals surface area (Å²) in [6, 6.07) is 9.02. The number of aromatic nitrogens is 2. The van der Waals surface area contributed by atoms with Crippen LogP contribution >= 0.6 is 11.8 Å². The molecule has 0 aliphatic carbocycles. The Morgan fingerprint density at radius 3 is 2.82 bits per heavy atom. The van der Waals surface area contributed by atoms with E-state index in [0.29, 0.717) is 16.7 Å². The van der Waals surface area contributed by atoms with Crippen molar-refractivity contribution >= 4 is 32.7 Å². The van der Waals surface area contributed by atoms with Gasteiger partial charge in [0.05, 0.1) is 11.3 Å². The molecule has 0 saturated carbocycles. The average molecular weight is 334 g/mol. The number of hydrogen-bond donors (Lipinski definition) is 0. The van der Waals surface area contributed by atoms with Crippen LogP contribution in [0.15, 0.2) is 50.9 Å². The minimum atomic E-state index is -3.44. The number of rotatable bonds is 4. The summed E-state index contributed by atoms with van der Waals surface area (Å²) in [5.41, 5.74) is 1.72. The molecule has 0 radical (unpaired) electrons. The molecule has 2 aromatic heterocycles. The fraction of sp³-hybridized carbons (Fsp3) is 0.200. The molecule has 0 bridgehead atoms. The molecule has 0 spiro atoms. The highest BCUT2D eigenvalue weighted by molar-refractivity contribution is 7.98. The van der Waals surface area contributed by atoms with Gasteiger partial charge in [0.2, 0.25) is 5.89 Å². The quantitative estimate of drug-likeness (QED) is 0.681. The molecular formula is C15H14N2O3S2. The highest BCUT2D eigenvalue weighted by Gasteiger charge is 2.22. The Balaban J connectivity index is 2.20. The summed E-state index contributed by atoms with van der Waals surface area (Å²) in [5, 5.41) is 0.00847. The van der Waals surface area contributed by atoms with Crippen molar-refractivity contribution in [2.45, 2.75) is 16.8 Å². The molecule has 0 aliphatic heterocycles. The van der Waals surface area contributed by atoms with E-state index in [1.807, 2.05) is 24.5 Å². The van der Waals surface area contributed by atoms with Crippen molar-refractivity contribution in [3.05, 3.63) is 36.5 Å². The van der Waals surface area contributed by atoms with Gasteiger partial charge >= 0.3 is 0 Å². The molecule has 7 heteroatoms. The number of nitrogens with zero attached hydrogens (tertiary/aromatic N) is 2. The molecule has 0 fully saturated rings. The van der Waals surface area contributed by atoms with E-state index in [1.165, 1.54) is 6.20 Å². The lowest BCUT2D eigenvalue weighted by Gasteiger charge is -2.04. The highest BCUT2D eigenvalue weighted by Crippen LogP contribution is 2.30. The van der Waals surface area contributed by atoms with Gasteiger partial charge in [-0.15, -0.1) is 11.8 Å². The lowest BCUT2D eigenvalue weighted by molar-refractivity contribution is 0.589. The second-order valence-electron chi connectivity index (χ2n) is 4.61. The standard InChI is InChI=1S/C15H14N2O3S2/c1-3-22(18,19)15-11(5-4-8-16-15)14-17-12-9-10(21-2)6-7-13(12)20-14/h4-9H,3H2,1-2H3. The van der Waals surface area contributed by atoms with E-state index in [1.54, 1.807) is 30.8 Å². The van der Waals surface area contributed by atoms with Crippen LogP contribution < -0.4 is 0 Å². The van der Waals surface area contributed by atoms with Crippen LogP contribution in [-0.4, -0.2) is 30.4 Å². The van der Waals surface area contributed by atoms with Crippen LogP contribution in [0.25, 0.3) is 22.6 Å². The molecule has 114 valence electrons. The van der Waals surface area contributed by atoms with Crippen LogP contribution in [0.5, 0.6) is 0 Å². The predicted molar refractivity (Wildman–Crippen MR) is 86.7 cm³/mol. The zero-order valence-corrected chi connectivity index (χ0v) is 13.7. The largest absolute Gasteiger partial charge is 0.436 e. The van der Waals surface area contributed by atoms with E-state index in [9.17, 15) is 8.42 Å². The predicted octanol–water partition coefficient (Wildman–Crippen LogP) is 3.41. The zero-order chi connectivity index (χ0) is 15.7. The van der Waals surface area contributed by atoms with E-state index in [0.717, 1.165) is 4.90 Å². The molecule has 22 heavy (non-hydrogen) atoms. The SMILES string of the molecule is CCS(=O)(=O)c1ncccc1-c1nc2cc(SC)ccc2o1. The summed E-state index contributed by atoms with van der Waals surface area (Å²) >= 11 is 1.61. The van der Waals surface area contributed by atoms with Crippen LogP contribution in [0.4, 0.5) is 0 Å². The highest BCUT2D eigenvalue weighted by atomic mass is 32.2. The molecular weight excluding hydrogens is 320 g/mol. The van der Waals surface area contributed by atoms with Gasteiger partial charge in [-0.25, -0.2) is 18.4 Å². The topological polar surface area (TPSA) is 73.1 Å². The fourth-order valence-corrected chi connectivity index (χ4v) is 3.51. The van der Waals surface area contributed by atoms with Gasteiger partial charge in [0.25, 0.3) is 0 Å². The van der Waals surface area contributed by atoms with Gasteiger partial charge < -0.3 is 4.42 Å². The monoisotopic (exact) mass is 334 g/mol. The van der Waals surface area contributed by atoms with Gasteiger partial charge in [0, 0.05) is 11.1 Å². The maximum Gasteiger partial charge on any atom is 0.230 e. The van der Waals surface area contributed by atoms with Crippen LogP contribution in [0.3, 0.4) is 0 Å². The summed E-state index contributed by atoms with van der Waals surface area (Å²) in [6.45, 7) is 1.59. The van der Waals surface area contributed by atoms with Crippen LogP contribution in [-0.2, 0) is 9.84 Å². The van der Waals surface area contributed by atoms with E-state index in [2.05, 4.69) is 9.97 Å². The number of oxazole rings is 1. The van der Waals surface area contributed by atoms with Crippen LogP contribution in [0.2, 0.25) is 0 Å². The second kappa shape index (κ2) is 5.73. The lowest BCUT2D eigenvalue weighted by atomic mass is 10.3. The van der Waals surface area contributed by atoms with Crippen LogP contribution in [0, 0.1) is 0 Å². The van der Waals surface area contributed by atoms with E-state index in [4.69, 9.17) is 4.42 Å². The lowest BCUT2D eigenvalue weighted by Crippen LogP contribution is -2.07. The Morgan fingerprint density at radius 2 is 2.09 bits per heavy atom. The number of benzene rings is 1. The van der Waals surface area contributed by atoms with Gasteiger partial charge in [-0.1, -0.05) is 6.92 Å². The summed E-state index contributed by atoms with van der Waals surface area (Å²) in [5.74, 6) is 0.252. The smallest absolute Gasteiger partial charge is 0.230 e. The first-order valence-corrected chi connectivity index (χ1v) is 9.55. The maximum absolute atomic E-state index is 12.2. The number of hydrogen-bond acceptors (Lipinski definition) is 6. The van der Waals surface area contributed by atoms with E-state index >= 15 is 0 Å². The number of pyridine rings is 1. The molecule has 0 atom stereocenters. The summed E-state index contributed by atoms with van der Waals surface area (Å²) in [6.07, 6.45) is 3.44. The first kappa shape index (κ1) is 15.1.